The van der Waals surface area contributed by atoms with Gasteiger partial charge >= 0.3 is 8.25 Å². The Balaban J connectivity index is 1.44. The van der Waals surface area contributed by atoms with Crippen LogP contribution in [0.1, 0.15) is 42.4 Å². The molecular formula is C25H31NO4P+. The van der Waals surface area contributed by atoms with Gasteiger partial charge in [0.05, 0.1) is 11.3 Å². The van der Waals surface area contributed by atoms with Crippen LogP contribution in [0.25, 0.3) is 10.8 Å². The van der Waals surface area contributed by atoms with Gasteiger partial charge in [-0.05, 0) is 53.1 Å². The van der Waals surface area contributed by atoms with Gasteiger partial charge in [0.15, 0.2) is 0 Å². The van der Waals surface area contributed by atoms with Gasteiger partial charge in [0.25, 0.3) is 0 Å². The Morgan fingerprint density at radius 2 is 1.42 bits per heavy atom. The highest BCUT2D eigenvalue weighted by molar-refractivity contribution is 7.31. The molecule has 0 radical (unpaired) electrons. The van der Waals surface area contributed by atoms with E-state index in [2.05, 4.69) is 81.6 Å². The molecule has 1 atom stereocenters. The fraction of sp³-hybridized carbons (Fsp3) is 0.360. The van der Waals surface area contributed by atoms with Gasteiger partial charge < -0.3 is 5.32 Å². The molecule has 5 nitrogen and oxygen atoms in total. The Hall–Kier alpha value is -2.14. The monoisotopic (exact) mass is 440 g/mol. The summed E-state index contributed by atoms with van der Waals surface area (Å²) >= 11 is 0. The van der Waals surface area contributed by atoms with E-state index >= 15 is 0 Å². The van der Waals surface area contributed by atoms with Crippen LogP contribution in [-0.2, 0) is 33.5 Å². The molecule has 0 spiro atoms. The minimum atomic E-state index is -2.71. The largest absolute Gasteiger partial charge is 0.725 e. The molecule has 3 rings (SSSR count). The second-order valence-corrected chi connectivity index (χ2v) is 8.27. The minimum Gasteiger partial charge on any atom is -0.310 e. The van der Waals surface area contributed by atoms with E-state index in [0.717, 1.165) is 6.42 Å². The first-order valence-electron chi connectivity index (χ1n) is 10.9. The van der Waals surface area contributed by atoms with Gasteiger partial charge in [0.2, 0.25) is 0 Å². The predicted octanol–water partition coefficient (Wildman–Crippen LogP) is 5.87. The lowest BCUT2D eigenvalue weighted by molar-refractivity contribution is -0.205. The predicted molar refractivity (Wildman–Crippen MR) is 125 cm³/mol. The zero-order valence-corrected chi connectivity index (χ0v) is 18.7. The van der Waals surface area contributed by atoms with Crippen molar-refractivity contribution in [3.05, 3.63) is 83.4 Å². The third-order valence-corrected chi connectivity index (χ3v) is 5.64. The average Bonchev–Trinajstić information content (AvgIpc) is 2.79. The van der Waals surface area contributed by atoms with E-state index in [1.54, 1.807) is 0 Å². The molecular weight excluding hydrogens is 409 g/mol. The van der Waals surface area contributed by atoms with Crippen molar-refractivity contribution in [2.75, 3.05) is 13.2 Å². The van der Waals surface area contributed by atoms with E-state index in [9.17, 15) is 4.57 Å². The SMILES string of the molecule is O=[P+](O)OOCCNCc1ccc(CCCCCCc2ccccc2)c2ccccc12. The van der Waals surface area contributed by atoms with Crippen LogP contribution in [0, 0.1) is 0 Å². The second kappa shape index (κ2) is 13.3. The molecule has 0 aromatic heterocycles. The van der Waals surface area contributed by atoms with E-state index in [4.69, 9.17) is 4.89 Å². The zero-order valence-electron chi connectivity index (χ0n) is 17.8. The number of aryl methyl sites for hydroxylation is 2. The number of rotatable bonds is 14. The molecule has 0 fully saturated rings. The van der Waals surface area contributed by atoms with Gasteiger partial charge in [-0.1, -0.05) is 79.6 Å². The fourth-order valence-corrected chi connectivity index (χ4v) is 4.02. The number of unbranched alkanes of at least 4 members (excludes halogenated alkanes) is 3. The van der Waals surface area contributed by atoms with Crippen molar-refractivity contribution in [2.24, 2.45) is 0 Å². The fourth-order valence-electron chi connectivity index (χ4n) is 3.86. The van der Waals surface area contributed by atoms with Crippen LogP contribution >= 0.6 is 8.25 Å². The molecule has 0 aliphatic carbocycles. The van der Waals surface area contributed by atoms with Crippen molar-refractivity contribution >= 4 is 19.0 Å². The maximum absolute atomic E-state index is 10.4. The van der Waals surface area contributed by atoms with E-state index in [1.807, 2.05) is 0 Å². The standard InChI is InChI=1S/C25H30NO4P/c27-31(28)30-29-19-18-26-20-23-17-16-22(24-14-8-9-15-25(23)24)13-7-2-1-4-10-21-11-5-3-6-12-21/h3,5-6,8-9,11-12,14-17,26H,1-2,4,7,10,13,18-20H2/p+1. The van der Waals surface area contributed by atoms with E-state index < -0.39 is 8.25 Å². The van der Waals surface area contributed by atoms with Crippen molar-refractivity contribution in [2.45, 2.75) is 45.1 Å². The Morgan fingerprint density at radius 1 is 0.774 bits per heavy atom. The molecule has 164 valence electrons. The van der Waals surface area contributed by atoms with Gasteiger partial charge in [0, 0.05) is 17.7 Å². The highest BCUT2D eigenvalue weighted by atomic mass is 31.1. The molecule has 3 aromatic carbocycles. The maximum atomic E-state index is 10.4. The number of fused-ring (bicyclic) bond motifs is 1. The van der Waals surface area contributed by atoms with Crippen LogP contribution in [-0.4, -0.2) is 18.0 Å². The first kappa shape index (κ1) is 23.5. The van der Waals surface area contributed by atoms with Crippen LogP contribution in [0.15, 0.2) is 66.7 Å². The number of hydrogen-bond donors (Lipinski definition) is 2. The quantitative estimate of drug-likeness (QED) is 0.142. The smallest absolute Gasteiger partial charge is 0.310 e. The van der Waals surface area contributed by atoms with E-state index in [0.29, 0.717) is 13.1 Å². The Morgan fingerprint density at radius 3 is 2.16 bits per heavy atom. The molecule has 0 heterocycles. The number of hydrogen-bond acceptors (Lipinski definition) is 4. The van der Waals surface area contributed by atoms with Crippen LogP contribution in [0.3, 0.4) is 0 Å². The van der Waals surface area contributed by atoms with Crippen molar-refractivity contribution in [3.63, 3.8) is 0 Å². The summed E-state index contributed by atoms with van der Waals surface area (Å²) in [4.78, 5) is 13.2. The highest BCUT2D eigenvalue weighted by Gasteiger charge is 2.12. The summed E-state index contributed by atoms with van der Waals surface area (Å²) in [5.74, 6) is 0. The molecule has 0 saturated heterocycles. The lowest BCUT2D eigenvalue weighted by Crippen LogP contribution is -2.19. The van der Waals surface area contributed by atoms with Crippen molar-refractivity contribution in [1.29, 1.82) is 0 Å². The summed E-state index contributed by atoms with van der Waals surface area (Å²) in [6, 6.07) is 23.7. The van der Waals surface area contributed by atoms with Crippen LogP contribution < -0.4 is 5.32 Å². The lowest BCUT2D eigenvalue weighted by Gasteiger charge is -2.12. The topological polar surface area (TPSA) is 67.8 Å². The van der Waals surface area contributed by atoms with Gasteiger partial charge in [0.1, 0.15) is 0 Å². The Labute approximate surface area is 185 Å². The maximum Gasteiger partial charge on any atom is 0.725 e. The highest BCUT2D eigenvalue weighted by Crippen LogP contribution is 2.24. The number of nitrogens with one attached hydrogen (secondary N) is 1. The van der Waals surface area contributed by atoms with Crippen LogP contribution in [0.2, 0.25) is 0 Å². The molecule has 0 saturated carbocycles. The molecule has 0 aliphatic heterocycles. The molecule has 0 aliphatic rings. The Kier molecular flexibility index (Phi) is 10.1. The number of benzene rings is 3. The summed E-state index contributed by atoms with van der Waals surface area (Å²) in [5, 5.41) is 5.88. The van der Waals surface area contributed by atoms with Gasteiger partial charge in [-0.2, -0.15) is 4.89 Å². The van der Waals surface area contributed by atoms with Crippen molar-refractivity contribution in [3.8, 4) is 0 Å². The Bertz CT molecular complexity index is 949. The first-order valence-corrected chi connectivity index (χ1v) is 12.1. The third kappa shape index (κ3) is 8.13. The van der Waals surface area contributed by atoms with E-state index in [-0.39, 0.29) is 6.61 Å². The molecule has 0 amide bonds. The van der Waals surface area contributed by atoms with Crippen LogP contribution in [0.4, 0.5) is 0 Å². The normalized spacial score (nSPS) is 11.7. The zero-order chi connectivity index (χ0) is 21.7. The second-order valence-electron chi connectivity index (χ2n) is 7.64. The van der Waals surface area contributed by atoms with Gasteiger partial charge in [-0.25, -0.2) is 0 Å². The van der Waals surface area contributed by atoms with Crippen LogP contribution in [0.5, 0.6) is 0 Å². The van der Waals surface area contributed by atoms with E-state index in [1.165, 1.54) is 59.6 Å². The summed E-state index contributed by atoms with van der Waals surface area (Å²) in [7, 11) is -2.71. The third-order valence-electron chi connectivity index (χ3n) is 5.40. The molecule has 1 unspecified atom stereocenters. The minimum absolute atomic E-state index is 0.210. The molecule has 31 heavy (non-hydrogen) atoms. The summed E-state index contributed by atoms with van der Waals surface area (Å²) in [6.45, 7) is 1.44. The summed E-state index contributed by atoms with van der Waals surface area (Å²) in [5.41, 5.74) is 4.07. The van der Waals surface area contributed by atoms with Crippen molar-refractivity contribution in [1.82, 2.24) is 5.32 Å². The molecule has 6 heteroatoms. The molecule has 3 aromatic rings. The van der Waals surface area contributed by atoms with Gasteiger partial charge in [-0.3, -0.25) is 0 Å². The first-order chi connectivity index (χ1) is 15.2. The molecule has 2 N–H and O–H groups in total. The summed E-state index contributed by atoms with van der Waals surface area (Å²) < 4.78 is 14.6. The molecule has 0 bridgehead atoms. The van der Waals surface area contributed by atoms with Crippen molar-refractivity contribution < 1.29 is 19.0 Å². The lowest BCUT2D eigenvalue weighted by atomic mass is 9.95. The van der Waals surface area contributed by atoms with Gasteiger partial charge in [-0.15, -0.1) is 4.89 Å². The average molecular weight is 441 g/mol. The summed E-state index contributed by atoms with van der Waals surface area (Å²) in [6.07, 6.45) is 7.25.